The number of fused-ring (bicyclic) bond motifs is 1. The molecule has 3 nitrogen and oxygen atoms in total. The summed E-state index contributed by atoms with van der Waals surface area (Å²) in [4.78, 5) is 1.23. The third kappa shape index (κ3) is 3.28. The molecule has 112 valence electrons. The van der Waals surface area contributed by atoms with Gasteiger partial charge in [0.25, 0.3) is 0 Å². The van der Waals surface area contributed by atoms with Gasteiger partial charge >= 0.3 is 0 Å². The topological polar surface area (TPSA) is 30.5 Å². The van der Waals surface area contributed by atoms with Crippen molar-refractivity contribution in [2.75, 3.05) is 13.2 Å². The van der Waals surface area contributed by atoms with E-state index in [0.29, 0.717) is 6.61 Å². The second-order valence-electron chi connectivity index (χ2n) is 4.72. The van der Waals surface area contributed by atoms with Gasteiger partial charge in [-0.2, -0.15) is 0 Å². The maximum atomic E-state index is 6.14. The molecule has 6 heteroatoms. The second-order valence-corrected chi connectivity index (χ2v) is 7.98. The second kappa shape index (κ2) is 6.69. The summed E-state index contributed by atoms with van der Waals surface area (Å²) in [5.74, 6) is 1.63. The van der Waals surface area contributed by atoms with Gasteiger partial charge in [-0.3, -0.25) is 0 Å². The highest BCUT2D eigenvalue weighted by Gasteiger charge is 2.31. The third-order valence-corrected chi connectivity index (χ3v) is 6.64. The fourth-order valence-corrected chi connectivity index (χ4v) is 4.57. The number of halogens is 2. The third-order valence-electron chi connectivity index (χ3n) is 3.30. The summed E-state index contributed by atoms with van der Waals surface area (Å²) in [5, 5.41) is 3.50. The Labute approximate surface area is 144 Å². The minimum Gasteiger partial charge on any atom is -0.486 e. The Kier molecular flexibility index (Phi) is 4.88. The lowest BCUT2D eigenvalue weighted by Crippen LogP contribution is -2.41. The number of hydrogen-bond acceptors (Lipinski definition) is 4. The van der Waals surface area contributed by atoms with E-state index in [9.17, 15) is 0 Å². The molecule has 0 aliphatic carbocycles. The van der Waals surface area contributed by atoms with Crippen LogP contribution in [0.5, 0.6) is 11.5 Å². The van der Waals surface area contributed by atoms with Crippen molar-refractivity contribution in [2.45, 2.75) is 19.1 Å². The number of para-hydroxylation sites is 2. The Balaban J connectivity index is 1.85. The molecule has 21 heavy (non-hydrogen) atoms. The zero-order valence-corrected chi connectivity index (χ0v) is 15.4. The highest BCUT2D eigenvalue weighted by Crippen LogP contribution is 2.39. The molecule has 1 aliphatic rings. The molecule has 2 aromatic rings. The van der Waals surface area contributed by atoms with Gasteiger partial charge in [-0.05, 0) is 56.6 Å². The van der Waals surface area contributed by atoms with Crippen LogP contribution in [0.25, 0.3) is 0 Å². The molecule has 1 aromatic carbocycles. The van der Waals surface area contributed by atoms with E-state index in [-0.39, 0.29) is 12.1 Å². The lowest BCUT2D eigenvalue weighted by molar-refractivity contribution is 0.0630. The summed E-state index contributed by atoms with van der Waals surface area (Å²) >= 11 is 8.82. The Morgan fingerprint density at radius 2 is 2.10 bits per heavy atom. The largest absolute Gasteiger partial charge is 0.486 e. The van der Waals surface area contributed by atoms with E-state index in [1.165, 1.54) is 4.88 Å². The number of thiophene rings is 1. The van der Waals surface area contributed by atoms with E-state index in [1.807, 2.05) is 24.3 Å². The van der Waals surface area contributed by atoms with Gasteiger partial charge in [-0.15, -0.1) is 11.3 Å². The molecule has 0 bridgehead atoms. The first-order valence-electron chi connectivity index (χ1n) is 6.75. The smallest absolute Gasteiger partial charge is 0.161 e. The number of hydrogen-bond donors (Lipinski definition) is 1. The van der Waals surface area contributed by atoms with E-state index >= 15 is 0 Å². The average molecular weight is 433 g/mol. The molecule has 0 radical (unpaired) electrons. The van der Waals surface area contributed by atoms with Crippen LogP contribution in [0.4, 0.5) is 0 Å². The molecule has 0 spiro atoms. The number of nitrogens with one attached hydrogen (secondary N) is 1. The Morgan fingerprint density at radius 1 is 1.33 bits per heavy atom. The molecule has 1 aromatic heterocycles. The highest BCUT2D eigenvalue weighted by molar-refractivity contribution is 9.13. The van der Waals surface area contributed by atoms with Crippen LogP contribution in [0.3, 0.4) is 0 Å². The Bertz CT molecular complexity index is 612. The SMILES string of the molecule is CCNC(c1cc(Br)c(Br)s1)C1COc2ccccc2O1. The molecule has 0 saturated carbocycles. The zero-order valence-electron chi connectivity index (χ0n) is 11.4. The fraction of sp³-hybridized carbons (Fsp3) is 0.333. The predicted octanol–water partition coefficient (Wildman–Crippen LogP) is 4.76. The summed E-state index contributed by atoms with van der Waals surface area (Å²) in [6, 6.07) is 10.0. The standard InChI is InChI=1S/C15H15Br2NO2S/c1-2-18-14(13-7-9(16)15(17)21-13)12-8-19-10-5-3-4-6-11(10)20-12/h3-7,12,14,18H,2,8H2,1H3. The molecule has 0 amide bonds. The van der Waals surface area contributed by atoms with Gasteiger partial charge in [0, 0.05) is 9.35 Å². The van der Waals surface area contributed by atoms with Gasteiger partial charge in [-0.25, -0.2) is 0 Å². The molecule has 1 N–H and O–H groups in total. The normalized spacial score (nSPS) is 18.5. The van der Waals surface area contributed by atoms with Crippen LogP contribution in [0.1, 0.15) is 17.8 Å². The number of rotatable bonds is 4. The van der Waals surface area contributed by atoms with Crippen LogP contribution in [0, 0.1) is 0 Å². The lowest BCUT2D eigenvalue weighted by atomic mass is 10.1. The first-order chi connectivity index (χ1) is 10.2. The van der Waals surface area contributed by atoms with Crippen LogP contribution >= 0.6 is 43.2 Å². The van der Waals surface area contributed by atoms with Crippen molar-refractivity contribution < 1.29 is 9.47 Å². The van der Waals surface area contributed by atoms with Gasteiger partial charge in [0.2, 0.25) is 0 Å². The quantitative estimate of drug-likeness (QED) is 0.755. The van der Waals surface area contributed by atoms with Gasteiger partial charge in [0.05, 0.1) is 9.83 Å². The van der Waals surface area contributed by atoms with Crippen molar-refractivity contribution in [3.8, 4) is 11.5 Å². The van der Waals surface area contributed by atoms with Crippen LogP contribution in [0.2, 0.25) is 0 Å². The van der Waals surface area contributed by atoms with Gasteiger partial charge in [0.1, 0.15) is 6.61 Å². The Hall–Kier alpha value is -0.560. The number of ether oxygens (including phenoxy) is 2. The van der Waals surface area contributed by atoms with E-state index < -0.39 is 0 Å². The van der Waals surface area contributed by atoms with Gasteiger partial charge in [-0.1, -0.05) is 19.1 Å². The molecule has 2 atom stereocenters. The molecule has 3 rings (SSSR count). The van der Waals surface area contributed by atoms with Crippen LogP contribution in [-0.2, 0) is 0 Å². The summed E-state index contributed by atoms with van der Waals surface area (Å²) in [6.45, 7) is 3.52. The molecular formula is C15H15Br2NO2S. The van der Waals surface area contributed by atoms with Crippen LogP contribution in [-0.4, -0.2) is 19.3 Å². The van der Waals surface area contributed by atoms with Crippen molar-refractivity contribution in [3.05, 3.63) is 43.5 Å². The van der Waals surface area contributed by atoms with Crippen molar-refractivity contribution in [1.29, 1.82) is 0 Å². The van der Waals surface area contributed by atoms with E-state index in [4.69, 9.17) is 9.47 Å². The summed E-state index contributed by atoms with van der Waals surface area (Å²) in [5.41, 5.74) is 0. The Morgan fingerprint density at radius 3 is 2.76 bits per heavy atom. The summed E-state index contributed by atoms with van der Waals surface area (Å²) in [7, 11) is 0. The number of likely N-dealkylation sites (N-methyl/N-ethyl adjacent to an activating group) is 1. The maximum Gasteiger partial charge on any atom is 0.161 e. The molecule has 2 unspecified atom stereocenters. The van der Waals surface area contributed by atoms with Crippen molar-refractivity contribution in [1.82, 2.24) is 5.32 Å². The zero-order chi connectivity index (χ0) is 14.8. The predicted molar refractivity (Wildman–Crippen MR) is 92.5 cm³/mol. The minimum atomic E-state index is -0.0442. The van der Waals surface area contributed by atoms with Crippen molar-refractivity contribution in [2.24, 2.45) is 0 Å². The minimum absolute atomic E-state index is 0.0442. The summed E-state index contributed by atoms with van der Waals surface area (Å²) < 4.78 is 14.1. The molecule has 0 saturated heterocycles. The lowest BCUT2D eigenvalue weighted by Gasteiger charge is -2.32. The van der Waals surface area contributed by atoms with Crippen molar-refractivity contribution in [3.63, 3.8) is 0 Å². The molecule has 1 aliphatic heterocycles. The van der Waals surface area contributed by atoms with E-state index in [0.717, 1.165) is 26.3 Å². The summed E-state index contributed by atoms with van der Waals surface area (Å²) in [6.07, 6.45) is -0.0442. The molecule has 0 fully saturated rings. The monoisotopic (exact) mass is 431 g/mol. The molecular weight excluding hydrogens is 418 g/mol. The van der Waals surface area contributed by atoms with E-state index in [1.54, 1.807) is 11.3 Å². The van der Waals surface area contributed by atoms with Crippen molar-refractivity contribution >= 4 is 43.2 Å². The van der Waals surface area contributed by atoms with E-state index in [2.05, 4.69) is 50.2 Å². The number of benzene rings is 1. The molecule has 2 heterocycles. The average Bonchev–Trinajstić information content (AvgIpc) is 2.83. The van der Waals surface area contributed by atoms with Crippen LogP contribution in [0.15, 0.2) is 38.6 Å². The fourth-order valence-electron chi connectivity index (χ4n) is 2.35. The van der Waals surface area contributed by atoms with Crippen LogP contribution < -0.4 is 14.8 Å². The maximum absolute atomic E-state index is 6.14. The van der Waals surface area contributed by atoms with Gasteiger partial charge < -0.3 is 14.8 Å². The van der Waals surface area contributed by atoms with Gasteiger partial charge in [0.15, 0.2) is 17.6 Å². The highest BCUT2D eigenvalue weighted by atomic mass is 79.9. The first-order valence-corrected chi connectivity index (χ1v) is 9.16. The first kappa shape index (κ1) is 15.3.